The molecule has 0 bridgehead atoms. The van der Waals surface area contributed by atoms with Crippen LogP contribution in [0, 0.1) is 11.3 Å². The lowest BCUT2D eigenvalue weighted by Crippen LogP contribution is -2.34. The van der Waals surface area contributed by atoms with Gasteiger partial charge in [0, 0.05) is 19.3 Å². The first-order valence-corrected chi connectivity index (χ1v) is 4.73. The number of guanidine groups is 1. The molecule has 1 aromatic rings. The highest BCUT2D eigenvalue weighted by Gasteiger charge is 2.04. The largest absolute Gasteiger partial charge is 0.370 e. The molecule has 0 unspecified atom stereocenters. The first kappa shape index (κ1) is 11.1. The van der Waals surface area contributed by atoms with E-state index in [1.807, 2.05) is 26.1 Å². The highest BCUT2D eigenvalue weighted by molar-refractivity contribution is 5.94. The molecule has 0 aromatic heterocycles. The van der Waals surface area contributed by atoms with Crippen LogP contribution in [0.2, 0.25) is 0 Å². The van der Waals surface area contributed by atoms with Crippen LogP contribution >= 0.6 is 0 Å². The molecule has 0 aliphatic rings. The van der Waals surface area contributed by atoms with E-state index in [4.69, 9.17) is 11.0 Å². The van der Waals surface area contributed by atoms with Gasteiger partial charge < -0.3 is 10.6 Å². The number of rotatable bonds is 2. The summed E-state index contributed by atoms with van der Waals surface area (Å²) in [4.78, 5) is 5.85. The zero-order valence-electron chi connectivity index (χ0n) is 8.94. The quantitative estimate of drug-likeness (QED) is 0.581. The summed E-state index contributed by atoms with van der Waals surface area (Å²) in [7, 11) is 1.82. The number of hydrogen-bond acceptors (Lipinski definition) is 2. The number of benzene rings is 1. The van der Waals surface area contributed by atoms with E-state index in [9.17, 15) is 0 Å². The number of nitrogens with zero attached hydrogens (tertiary/aromatic N) is 3. The van der Waals surface area contributed by atoms with Crippen molar-refractivity contribution in [2.24, 2.45) is 10.7 Å². The van der Waals surface area contributed by atoms with E-state index in [-0.39, 0.29) is 0 Å². The Bertz CT molecular complexity index is 403. The third kappa shape index (κ3) is 2.71. The molecule has 0 saturated carbocycles. The normalized spacial score (nSPS) is 10.9. The zero-order valence-corrected chi connectivity index (χ0v) is 8.94. The van der Waals surface area contributed by atoms with Gasteiger partial charge in [0.15, 0.2) is 5.96 Å². The van der Waals surface area contributed by atoms with Gasteiger partial charge in [-0.3, -0.25) is 4.99 Å². The molecule has 1 aromatic carbocycles. The van der Waals surface area contributed by atoms with Crippen molar-refractivity contribution in [3.8, 4) is 6.07 Å². The van der Waals surface area contributed by atoms with Crippen LogP contribution in [0.3, 0.4) is 0 Å². The Morgan fingerprint density at radius 2 is 2.33 bits per heavy atom. The summed E-state index contributed by atoms with van der Waals surface area (Å²) in [6, 6.07) is 9.33. The van der Waals surface area contributed by atoms with Crippen molar-refractivity contribution >= 4 is 11.6 Å². The fourth-order valence-electron chi connectivity index (χ4n) is 1.18. The second-order valence-electron chi connectivity index (χ2n) is 3.05. The SMILES string of the molecule is CCN=C(N)N(C)c1cccc(C#N)c1. The van der Waals surface area contributed by atoms with Gasteiger partial charge in [0.05, 0.1) is 11.6 Å². The number of nitrogens with two attached hydrogens (primary N) is 1. The summed E-state index contributed by atoms with van der Waals surface area (Å²) in [5.41, 5.74) is 7.22. The Kier molecular flexibility index (Phi) is 3.69. The number of hydrogen-bond donors (Lipinski definition) is 1. The minimum absolute atomic E-state index is 0.451. The van der Waals surface area contributed by atoms with Gasteiger partial charge in [0.25, 0.3) is 0 Å². The van der Waals surface area contributed by atoms with Crippen molar-refractivity contribution in [1.29, 1.82) is 5.26 Å². The van der Waals surface area contributed by atoms with Crippen molar-refractivity contribution in [2.75, 3.05) is 18.5 Å². The summed E-state index contributed by atoms with van der Waals surface area (Å²) >= 11 is 0. The molecule has 78 valence electrons. The van der Waals surface area contributed by atoms with E-state index < -0.39 is 0 Å². The molecule has 2 N–H and O–H groups in total. The maximum Gasteiger partial charge on any atom is 0.195 e. The molecule has 4 nitrogen and oxygen atoms in total. The van der Waals surface area contributed by atoms with Crippen LogP contribution in [0.5, 0.6) is 0 Å². The van der Waals surface area contributed by atoms with Crippen LogP contribution in [0.1, 0.15) is 12.5 Å². The summed E-state index contributed by atoms with van der Waals surface area (Å²) < 4.78 is 0. The first-order chi connectivity index (χ1) is 7.19. The average molecular weight is 202 g/mol. The minimum Gasteiger partial charge on any atom is -0.370 e. The second kappa shape index (κ2) is 5.01. The number of nitriles is 1. The second-order valence-corrected chi connectivity index (χ2v) is 3.05. The predicted molar refractivity (Wildman–Crippen MR) is 61.7 cm³/mol. The topological polar surface area (TPSA) is 65.4 Å². The van der Waals surface area contributed by atoms with Gasteiger partial charge in [0.1, 0.15) is 0 Å². The molecule has 0 aliphatic heterocycles. The van der Waals surface area contributed by atoms with E-state index in [0.717, 1.165) is 5.69 Å². The molecule has 0 atom stereocenters. The maximum atomic E-state index is 8.76. The molecule has 0 radical (unpaired) electrons. The van der Waals surface area contributed by atoms with Crippen molar-refractivity contribution in [2.45, 2.75) is 6.92 Å². The molecule has 1 rings (SSSR count). The standard InChI is InChI=1S/C11H14N4/c1-3-14-11(13)15(2)10-6-4-5-9(7-10)8-12/h4-7H,3H2,1-2H3,(H2,13,14). The van der Waals surface area contributed by atoms with Crippen molar-refractivity contribution in [3.63, 3.8) is 0 Å². The fourth-order valence-corrected chi connectivity index (χ4v) is 1.18. The maximum absolute atomic E-state index is 8.76. The third-order valence-electron chi connectivity index (χ3n) is 2.03. The molecule has 15 heavy (non-hydrogen) atoms. The van der Waals surface area contributed by atoms with E-state index in [1.54, 1.807) is 17.0 Å². The van der Waals surface area contributed by atoms with Gasteiger partial charge in [0.2, 0.25) is 0 Å². The summed E-state index contributed by atoms with van der Waals surface area (Å²) in [5.74, 6) is 0.451. The van der Waals surface area contributed by atoms with E-state index >= 15 is 0 Å². The molecule has 0 amide bonds. The Balaban J connectivity index is 2.96. The highest BCUT2D eigenvalue weighted by atomic mass is 15.2. The molecule has 0 aliphatic carbocycles. The smallest absolute Gasteiger partial charge is 0.195 e. The van der Waals surface area contributed by atoms with E-state index in [1.165, 1.54) is 0 Å². The minimum atomic E-state index is 0.451. The molecular weight excluding hydrogens is 188 g/mol. The Hall–Kier alpha value is -2.02. The average Bonchev–Trinajstić information content (AvgIpc) is 2.28. The Morgan fingerprint density at radius 1 is 1.60 bits per heavy atom. The Labute approximate surface area is 89.6 Å². The molecular formula is C11H14N4. The highest BCUT2D eigenvalue weighted by Crippen LogP contribution is 2.13. The molecule has 0 saturated heterocycles. The van der Waals surface area contributed by atoms with Crippen LogP contribution in [0.25, 0.3) is 0 Å². The molecule has 0 heterocycles. The predicted octanol–water partition coefficient (Wildman–Crippen LogP) is 1.33. The van der Waals surface area contributed by atoms with Gasteiger partial charge >= 0.3 is 0 Å². The van der Waals surface area contributed by atoms with Crippen LogP contribution in [0.4, 0.5) is 5.69 Å². The van der Waals surface area contributed by atoms with Crippen molar-refractivity contribution in [1.82, 2.24) is 0 Å². The van der Waals surface area contributed by atoms with Gasteiger partial charge in [-0.15, -0.1) is 0 Å². The monoisotopic (exact) mass is 202 g/mol. The van der Waals surface area contributed by atoms with E-state index in [0.29, 0.717) is 18.1 Å². The molecule has 0 fully saturated rings. The molecule has 4 heteroatoms. The number of aliphatic imine (C=N–C) groups is 1. The first-order valence-electron chi connectivity index (χ1n) is 4.73. The summed E-state index contributed by atoms with van der Waals surface area (Å²) in [5, 5.41) is 8.76. The third-order valence-corrected chi connectivity index (χ3v) is 2.03. The van der Waals surface area contributed by atoms with Crippen molar-refractivity contribution in [3.05, 3.63) is 29.8 Å². The number of anilines is 1. The lowest BCUT2D eigenvalue weighted by Gasteiger charge is -2.17. The van der Waals surface area contributed by atoms with Crippen LogP contribution < -0.4 is 10.6 Å². The Morgan fingerprint density at radius 3 is 2.93 bits per heavy atom. The summed E-state index contributed by atoms with van der Waals surface area (Å²) in [6.45, 7) is 2.57. The zero-order chi connectivity index (χ0) is 11.3. The van der Waals surface area contributed by atoms with Crippen LogP contribution in [0.15, 0.2) is 29.3 Å². The van der Waals surface area contributed by atoms with Gasteiger partial charge in [-0.25, -0.2) is 0 Å². The van der Waals surface area contributed by atoms with Crippen LogP contribution in [-0.2, 0) is 0 Å². The van der Waals surface area contributed by atoms with E-state index in [2.05, 4.69) is 11.1 Å². The van der Waals surface area contributed by atoms with Gasteiger partial charge in [-0.2, -0.15) is 5.26 Å². The lowest BCUT2D eigenvalue weighted by molar-refractivity contribution is 1.08. The molecule has 0 spiro atoms. The lowest BCUT2D eigenvalue weighted by atomic mass is 10.2. The van der Waals surface area contributed by atoms with Crippen LogP contribution in [-0.4, -0.2) is 19.6 Å². The summed E-state index contributed by atoms with van der Waals surface area (Å²) in [6.07, 6.45) is 0. The van der Waals surface area contributed by atoms with Gasteiger partial charge in [-0.05, 0) is 25.1 Å². The fraction of sp³-hybridized carbons (Fsp3) is 0.273. The van der Waals surface area contributed by atoms with Gasteiger partial charge in [-0.1, -0.05) is 6.07 Å². The van der Waals surface area contributed by atoms with Crippen molar-refractivity contribution < 1.29 is 0 Å².